The molecule has 0 bridgehead atoms. The molecule has 1 N–H and O–H groups in total. The molecule has 0 amide bonds. The van der Waals surface area contributed by atoms with Crippen LogP contribution in [0.15, 0.2) is 41.5 Å². The predicted molar refractivity (Wildman–Crippen MR) is 80.8 cm³/mol. The topological polar surface area (TPSA) is 29.5 Å². The lowest BCUT2D eigenvalue weighted by atomic mass is 10.1. The van der Waals surface area contributed by atoms with E-state index in [-0.39, 0.29) is 5.75 Å². The van der Waals surface area contributed by atoms with Gasteiger partial charge in [-0.3, -0.25) is 0 Å². The molecule has 1 aromatic carbocycles. The number of hydrogen-bond acceptors (Lipinski definition) is 2. The van der Waals surface area contributed by atoms with Gasteiger partial charge in [-0.1, -0.05) is 35.4 Å². The zero-order chi connectivity index (χ0) is 14.3. The van der Waals surface area contributed by atoms with E-state index in [1.807, 2.05) is 12.1 Å². The molecule has 0 saturated carbocycles. The molecular formula is C17H24O2. The van der Waals surface area contributed by atoms with Gasteiger partial charge in [-0.25, -0.2) is 0 Å². The Labute approximate surface area is 116 Å². The highest BCUT2D eigenvalue weighted by Gasteiger charge is 2.05. The second kappa shape index (κ2) is 7.67. The van der Waals surface area contributed by atoms with Gasteiger partial charge in [0.1, 0.15) is 0 Å². The smallest absolute Gasteiger partial charge is 0.161 e. The van der Waals surface area contributed by atoms with Crippen LogP contribution >= 0.6 is 0 Å². The van der Waals surface area contributed by atoms with Gasteiger partial charge in [-0.05, 0) is 46.1 Å². The highest BCUT2D eigenvalue weighted by molar-refractivity contribution is 5.46. The molecule has 104 valence electrons. The Morgan fingerprint density at radius 3 is 2.58 bits per heavy atom. The van der Waals surface area contributed by atoms with Crippen LogP contribution in [0, 0.1) is 0 Å². The molecule has 0 aliphatic rings. The normalized spacial score (nSPS) is 11.3. The summed E-state index contributed by atoms with van der Waals surface area (Å²) in [5, 5.41) is 9.99. The van der Waals surface area contributed by atoms with Gasteiger partial charge >= 0.3 is 0 Å². The standard InChI is InChI=1S/C17H24O2/c1-13(2)7-5-8-14(3)11-12-15-9-6-10-16(19-4)17(15)18/h6-7,9-11,18H,5,8,12H2,1-4H3/b14-11+. The molecule has 2 heteroatoms. The molecule has 0 aliphatic heterocycles. The fraction of sp³-hybridized carbons (Fsp3) is 0.412. The third-order valence-electron chi connectivity index (χ3n) is 3.06. The lowest BCUT2D eigenvalue weighted by Crippen LogP contribution is -1.89. The maximum Gasteiger partial charge on any atom is 0.161 e. The number of phenols is 1. The molecule has 0 heterocycles. The third-order valence-corrected chi connectivity index (χ3v) is 3.06. The van der Waals surface area contributed by atoms with Crippen LogP contribution in [0.2, 0.25) is 0 Å². The summed E-state index contributed by atoms with van der Waals surface area (Å²) in [6.07, 6.45) is 7.31. The minimum atomic E-state index is 0.248. The molecule has 0 spiro atoms. The lowest BCUT2D eigenvalue weighted by molar-refractivity contribution is 0.371. The van der Waals surface area contributed by atoms with Crippen LogP contribution in [0.25, 0.3) is 0 Å². The van der Waals surface area contributed by atoms with Crippen molar-refractivity contribution in [2.75, 3.05) is 7.11 Å². The number of phenolic OH excluding ortho intramolecular Hbond substituents is 1. The Bertz CT molecular complexity index is 466. The quantitative estimate of drug-likeness (QED) is 0.755. The minimum Gasteiger partial charge on any atom is -0.504 e. The van der Waals surface area contributed by atoms with Crippen LogP contribution in [0.4, 0.5) is 0 Å². The van der Waals surface area contributed by atoms with Crippen molar-refractivity contribution < 1.29 is 9.84 Å². The van der Waals surface area contributed by atoms with Crippen molar-refractivity contribution in [3.8, 4) is 11.5 Å². The van der Waals surface area contributed by atoms with E-state index in [2.05, 4.69) is 32.9 Å². The summed E-state index contributed by atoms with van der Waals surface area (Å²) in [5.74, 6) is 0.784. The van der Waals surface area contributed by atoms with Crippen molar-refractivity contribution in [3.05, 3.63) is 47.1 Å². The summed E-state index contributed by atoms with van der Waals surface area (Å²) in [7, 11) is 1.57. The van der Waals surface area contributed by atoms with Gasteiger partial charge in [0, 0.05) is 5.56 Å². The summed E-state index contributed by atoms with van der Waals surface area (Å²) in [6.45, 7) is 6.37. The lowest BCUT2D eigenvalue weighted by Gasteiger charge is -2.07. The molecule has 0 atom stereocenters. The summed E-state index contributed by atoms with van der Waals surface area (Å²) in [6, 6.07) is 5.60. The molecule has 19 heavy (non-hydrogen) atoms. The molecular weight excluding hydrogens is 236 g/mol. The van der Waals surface area contributed by atoms with Crippen LogP contribution < -0.4 is 4.74 Å². The molecule has 2 nitrogen and oxygen atoms in total. The van der Waals surface area contributed by atoms with Crippen molar-refractivity contribution in [2.45, 2.75) is 40.0 Å². The average molecular weight is 260 g/mol. The fourth-order valence-electron chi connectivity index (χ4n) is 1.87. The van der Waals surface area contributed by atoms with E-state index in [4.69, 9.17) is 4.74 Å². The van der Waals surface area contributed by atoms with E-state index in [9.17, 15) is 5.11 Å². The van der Waals surface area contributed by atoms with Crippen LogP contribution in [0.1, 0.15) is 39.2 Å². The van der Waals surface area contributed by atoms with Gasteiger partial charge in [-0.2, -0.15) is 0 Å². The number of ether oxygens (including phenoxy) is 1. The van der Waals surface area contributed by atoms with Crippen molar-refractivity contribution >= 4 is 0 Å². The van der Waals surface area contributed by atoms with E-state index in [1.165, 1.54) is 11.1 Å². The first-order chi connectivity index (χ1) is 9.04. The second-order valence-corrected chi connectivity index (χ2v) is 5.04. The third kappa shape index (κ3) is 5.21. The van der Waals surface area contributed by atoms with E-state index < -0.39 is 0 Å². The highest BCUT2D eigenvalue weighted by atomic mass is 16.5. The molecule has 1 rings (SSSR count). The molecule has 0 aliphatic carbocycles. The minimum absolute atomic E-state index is 0.248. The number of methoxy groups -OCH3 is 1. The Morgan fingerprint density at radius 2 is 1.95 bits per heavy atom. The number of aromatic hydroxyl groups is 1. The molecule has 1 aromatic rings. The van der Waals surface area contributed by atoms with Crippen LogP contribution in [-0.4, -0.2) is 12.2 Å². The second-order valence-electron chi connectivity index (χ2n) is 5.04. The molecule has 0 unspecified atom stereocenters. The first-order valence-corrected chi connectivity index (χ1v) is 6.68. The number of hydrogen-bond donors (Lipinski definition) is 1. The SMILES string of the molecule is COc1cccc(C/C=C(\C)CCC=C(C)C)c1O. The number of rotatable bonds is 6. The van der Waals surface area contributed by atoms with Gasteiger partial charge in [0.2, 0.25) is 0 Å². The van der Waals surface area contributed by atoms with Crippen molar-refractivity contribution in [2.24, 2.45) is 0 Å². The molecule has 0 saturated heterocycles. The number of benzene rings is 1. The van der Waals surface area contributed by atoms with E-state index >= 15 is 0 Å². The van der Waals surface area contributed by atoms with Crippen molar-refractivity contribution in [1.82, 2.24) is 0 Å². The zero-order valence-electron chi connectivity index (χ0n) is 12.4. The van der Waals surface area contributed by atoms with E-state index in [1.54, 1.807) is 13.2 Å². The van der Waals surface area contributed by atoms with Crippen LogP contribution in [0.5, 0.6) is 11.5 Å². The molecule has 0 fully saturated rings. The van der Waals surface area contributed by atoms with Gasteiger partial charge in [0.15, 0.2) is 11.5 Å². The summed E-state index contributed by atoms with van der Waals surface area (Å²) in [4.78, 5) is 0. The molecule has 0 aromatic heterocycles. The van der Waals surface area contributed by atoms with Gasteiger partial charge in [0.05, 0.1) is 7.11 Å². The Morgan fingerprint density at radius 1 is 1.21 bits per heavy atom. The fourth-order valence-corrected chi connectivity index (χ4v) is 1.87. The first kappa shape index (κ1) is 15.4. The molecule has 0 radical (unpaired) electrons. The maximum absolute atomic E-state index is 9.99. The van der Waals surface area contributed by atoms with Crippen molar-refractivity contribution in [3.63, 3.8) is 0 Å². The van der Waals surface area contributed by atoms with Gasteiger partial charge in [0.25, 0.3) is 0 Å². The van der Waals surface area contributed by atoms with Crippen molar-refractivity contribution in [1.29, 1.82) is 0 Å². The Kier molecular flexibility index (Phi) is 6.20. The highest BCUT2D eigenvalue weighted by Crippen LogP contribution is 2.30. The Balaban J connectivity index is 2.62. The number of para-hydroxylation sites is 1. The van der Waals surface area contributed by atoms with Crippen LogP contribution in [-0.2, 0) is 6.42 Å². The Hall–Kier alpha value is -1.70. The maximum atomic E-state index is 9.99. The largest absolute Gasteiger partial charge is 0.504 e. The van der Waals surface area contributed by atoms with E-state index in [0.717, 1.165) is 24.8 Å². The predicted octanol–water partition coefficient (Wildman–Crippen LogP) is 4.64. The summed E-state index contributed by atoms with van der Waals surface area (Å²) in [5.41, 5.74) is 3.61. The van der Waals surface area contributed by atoms with Gasteiger partial charge < -0.3 is 9.84 Å². The van der Waals surface area contributed by atoms with Gasteiger partial charge in [-0.15, -0.1) is 0 Å². The zero-order valence-corrected chi connectivity index (χ0v) is 12.4. The number of allylic oxidation sites excluding steroid dienone is 4. The summed E-state index contributed by atoms with van der Waals surface area (Å²) < 4.78 is 5.11. The average Bonchev–Trinajstić information content (AvgIpc) is 2.37. The monoisotopic (exact) mass is 260 g/mol. The van der Waals surface area contributed by atoms with E-state index in [0.29, 0.717) is 5.75 Å². The van der Waals surface area contributed by atoms with Crippen LogP contribution in [0.3, 0.4) is 0 Å². The summed E-state index contributed by atoms with van der Waals surface area (Å²) >= 11 is 0. The first-order valence-electron chi connectivity index (χ1n) is 6.68.